The number of ether oxygens (including phenoxy) is 2. The van der Waals surface area contributed by atoms with E-state index < -0.39 is 5.91 Å². The molecule has 7 nitrogen and oxygen atoms in total. The first kappa shape index (κ1) is 17.4. The van der Waals surface area contributed by atoms with Gasteiger partial charge in [0.1, 0.15) is 6.33 Å². The molecule has 1 amide bonds. The van der Waals surface area contributed by atoms with Gasteiger partial charge >= 0.3 is 0 Å². The zero-order valence-corrected chi connectivity index (χ0v) is 15.8. The van der Waals surface area contributed by atoms with Gasteiger partial charge in [-0.3, -0.25) is 10.1 Å². The van der Waals surface area contributed by atoms with Crippen LogP contribution in [0, 0.1) is 0 Å². The SMILES string of the molecule is COc1ncnc(OC)c1C(=O)Nc1nc2c(s1)CCCc1ccccc1-2. The van der Waals surface area contributed by atoms with Crippen molar-refractivity contribution in [3.8, 4) is 23.0 Å². The third-order valence-electron chi connectivity index (χ3n) is 4.43. The molecule has 27 heavy (non-hydrogen) atoms. The first-order valence-electron chi connectivity index (χ1n) is 8.53. The summed E-state index contributed by atoms with van der Waals surface area (Å²) < 4.78 is 10.4. The van der Waals surface area contributed by atoms with Gasteiger partial charge in [0.05, 0.1) is 19.9 Å². The molecule has 0 radical (unpaired) electrons. The maximum Gasteiger partial charge on any atom is 0.268 e. The first-order valence-corrected chi connectivity index (χ1v) is 9.35. The van der Waals surface area contributed by atoms with Gasteiger partial charge in [0.2, 0.25) is 11.8 Å². The van der Waals surface area contributed by atoms with Crippen molar-refractivity contribution in [1.29, 1.82) is 0 Å². The van der Waals surface area contributed by atoms with E-state index in [0.29, 0.717) is 5.13 Å². The zero-order chi connectivity index (χ0) is 18.8. The Balaban J connectivity index is 1.68. The minimum Gasteiger partial charge on any atom is -0.480 e. The molecule has 1 aromatic carbocycles. The van der Waals surface area contributed by atoms with Crippen molar-refractivity contribution in [2.75, 3.05) is 19.5 Å². The molecule has 138 valence electrons. The summed E-state index contributed by atoms with van der Waals surface area (Å²) in [6.45, 7) is 0. The Kier molecular flexibility index (Phi) is 4.72. The quantitative estimate of drug-likeness (QED) is 0.745. The monoisotopic (exact) mass is 382 g/mol. The summed E-state index contributed by atoms with van der Waals surface area (Å²) in [5, 5.41) is 3.38. The molecular weight excluding hydrogens is 364 g/mol. The van der Waals surface area contributed by atoms with Crippen molar-refractivity contribution >= 4 is 22.4 Å². The van der Waals surface area contributed by atoms with Crippen molar-refractivity contribution in [2.24, 2.45) is 0 Å². The number of anilines is 1. The molecular formula is C19H18N4O3S. The van der Waals surface area contributed by atoms with E-state index in [1.54, 1.807) is 0 Å². The summed E-state index contributed by atoms with van der Waals surface area (Å²) in [6.07, 6.45) is 4.33. The Bertz CT molecular complexity index is 980. The molecule has 0 unspecified atom stereocenters. The van der Waals surface area contributed by atoms with Crippen LogP contribution in [0.2, 0.25) is 0 Å². The number of carbonyl (C=O) groups excluding carboxylic acids is 1. The highest BCUT2D eigenvalue weighted by Gasteiger charge is 2.24. The molecule has 2 aromatic heterocycles. The summed E-state index contributed by atoms with van der Waals surface area (Å²) in [5.41, 5.74) is 3.53. The number of aromatic nitrogens is 3. The average Bonchev–Trinajstić information content (AvgIpc) is 3.01. The number of nitrogens with zero attached hydrogens (tertiary/aromatic N) is 3. The number of nitrogens with one attached hydrogen (secondary N) is 1. The molecule has 1 aliphatic carbocycles. The van der Waals surface area contributed by atoms with Crippen molar-refractivity contribution in [3.05, 3.63) is 46.6 Å². The largest absolute Gasteiger partial charge is 0.480 e. The highest BCUT2D eigenvalue weighted by atomic mass is 32.1. The number of aryl methyl sites for hydroxylation is 2. The van der Waals surface area contributed by atoms with Crippen molar-refractivity contribution in [3.63, 3.8) is 0 Å². The molecule has 1 N–H and O–H groups in total. The fraction of sp³-hybridized carbons (Fsp3) is 0.263. The molecule has 0 saturated carbocycles. The maximum absolute atomic E-state index is 12.8. The molecule has 0 aliphatic heterocycles. The highest BCUT2D eigenvalue weighted by molar-refractivity contribution is 7.16. The summed E-state index contributed by atoms with van der Waals surface area (Å²) in [7, 11) is 2.89. The van der Waals surface area contributed by atoms with Gasteiger partial charge < -0.3 is 9.47 Å². The number of carbonyl (C=O) groups is 1. The predicted molar refractivity (Wildman–Crippen MR) is 103 cm³/mol. The lowest BCUT2D eigenvalue weighted by Gasteiger charge is -2.09. The zero-order valence-electron chi connectivity index (χ0n) is 15.0. The minimum atomic E-state index is -0.415. The molecule has 0 fully saturated rings. The molecule has 0 spiro atoms. The lowest BCUT2D eigenvalue weighted by molar-refractivity contribution is 0.101. The van der Waals surface area contributed by atoms with Gasteiger partial charge in [-0.25, -0.2) is 15.0 Å². The van der Waals surface area contributed by atoms with Crippen LogP contribution < -0.4 is 14.8 Å². The first-order chi connectivity index (χ1) is 13.2. The van der Waals surface area contributed by atoms with Gasteiger partial charge in [-0.15, -0.1) is 11.3 Å². The van der Waals surface area contributed by atoms with Gasteiger partial charge in [0, 0.05) is 10.4 Å². The summed E-state index contributed by atoms with van der Waals surface area (Å²) >= 11 is 1.50. The number of fused-ring (bicyclic) bond motifs is 3. The van der Waals surface area contributed by atoms with Crippen LogP contribution in [0.15, 0.2) is 30.6 Å². The van der Waals surface area contributed by atoms with E-state index in [-0.39, 0.29) is 17.3 Å². The number of benzene rings is 1. The third-order valence-corrected chi connectivity index (χ3v) is 5.46. The van der Waals surface area contributed by atoms with Crippen LogP contribution in [-0.4, -0.2) is 35.1 Å². The fourth-order valence-electron chi connectivity index (χ4n) is 3.21. The molecule has 0 bridgehead atoms. The van der Waals surface area contributed by atoms with E-state index >= 15 is 0 Å². The number of hydrogen-bond donors (Lipinski definition) is 1. The van der Waals surface area contributed by atoms with Crippen LogP contribution in [0.25, 0.3) is 11.3 Å². The van der Waals surface area contributed by atoms with Crippen LogP contribution >= 0.6 is 11.3 Å². The number of hydrogen-bond acceptors (Lipinski definition) is 7. The second-order valence-electron chi connectivity index (χ2n) is 6.02. The van der Waals surface area contributed by atoms with Gasteiger partial charge in [-0.2, -0.15) is 0 Å². The van der Waals surface area contributed by atoms with Crippen LogP contribution in [0.5, 0.6) is 11.8 Å². The molecule has 4 rings (SSSR count). The standard InChI is InChI=1S/C19H18N4O3S/c1-25-17-14(18(26-2)21-10-20-17)16(24)23-19-22-15-12-8-4-3-6-11(12)7-5-9-13(15)27-19/h3-4,6,8,10H,5,7,9H2,1-2H3,(H,22,23,24). The second-order valence-corrected chi connectivity index (χ2v) is 7.11. The molecule has 0 saturated heterocycles. The fourth-order valence-corrected chi connectivity index (χ4v) is 4.22. The summed E-state index contributed by atoms with van der Waals surface area (Å²) in [5.74, 6) is -0.105. The van der Waals surface area contributed by atoms with Crippen molar-refractivity contribution in [2.45, 2.75) is 19.3 Å². The maximum atomic E-state index is 12.8. The van der Waals surface area contributed by atoms with E-state index in [2.05, 4.69) is 27.4 Å². The Morgan fingerprint density at radius 1 is 1.11 bits per heavy atom. The lowest BCUT2D eigenvalue weighted by Crippen LogP contribution is -2.16. The van der Waals surface area contributed by atoms with Gasteiger partial charge in [-0.1, -0.05) is 24.3 Å². The highest BCUT2D eigenvalue weighted by Crippen LogP contribution is 2.37. The molecule has 8 heteroatoms. The molecule has 2 heterocycles. The molecule has 3 aromatic rings. The Hall–Kier alpha value is -3.00. The van der Waals surface area contributed by atoms with E-state index in [1.807, 2.05) is 12.1 Å². The number of methoxy groups -OCH3 is 2. The van der Waals surface area contributed by atoms with Gasteiger partial charge in [-0.05, 0) is 24.8 Å². The summed E-state index contributed by atoms with van der Waals surface area (Å²) in [4.78, 5) is 26.7. The molecule has 1 aliphatic rings. The molecule has 0 atom stereocenters. The van der Waals surface area contributed by atoms with Crippen LogP contribution in [0.1, 0.15) is 27.2 Å². The van der Waals surface area contributed by atoms with Crippen molar-refractivity contribution < 1.29 is 14.3 Å². The Labute approximate surface area is 160 Å². The van der Waals surface area contributed by atoms with E-state index in [0.717, 1.165) is 30.5 Å². The second kappa shape index (κ2) is 7.32. The summed E-state index contributed by atoms with van der Waals surface area (Å²) in [6, 6.07) is 8.29. The van der Waals surface area contributed by atoms with E-state index in [1.165, 1.54) is 42.3 Å². The topological polar surface area (TPSA) is 86.2 Å². The van der Waals surface area contributed by atoms with Crippen LogP contribution in [0.3, 0.4) is 0 Å². The number of thiazole rings is 1. The smallest absolute Gasteiger partial charge is 0.268 e. The van der Waals surface area contributed by atoms with Crippen LogP contribution in [-0.2, 0) is 12.8 Å². The predicted octanol–water partition coefficient (Wildman–Crippen LogP) is 3.36. The Morgan fingerprint density at radius 2 is 1.85 bits per heavy atom. The minimum absolute atomic E-state index is 0.147. The lowest BCUT2D eigenvalue weighted by atomic mass is 10.0. The number of amides is 1. The van der Waals surface area contributed by atoms with E-state index in [4.69, 9.17) is 14.5 Å². The number of rotatable bonds is 4. The van der Waals surface area contributed by atoms with E-state index in [9.17, 15) is 4.79 Å². The normalized spacial score (nSPS) is 12.5. The van der Waals surface area contributed by atoms with Crippen LogP contribution in [0.4, 0.5) is 5.13 Å². The third kappa shape index (κ3) is 3.23. The van der Waals surface area contributed by atoms with Gasteiger partial charge in [0.15, 0.2) is 10.7 Å². The van der Waals surface area contributed by atoms with Gasteiger partial charge in [0.25, 0.3) is 5.91 Å². The average molecular weight is 382 g/mol. The Morgan fingerprint density at radius 3 is 2.59 bits per heavy atom. The van der Waals surface area contributed by atoms with Crippen molar-refractivity contribution in [1.82, 2.24) is 15.0 Å².